The van der Waals surface area contributed by atoms with Crippen molar-refractivity contribution >= 4 is 5.69 Å². The number of aromatic nitrogens is 1. The molecule has 1 atom stereocenters. The topological polar surface area (TPSA) is 64.9 Å². The Balaban J connectivity index is 2.56. The minimum atomic E-state index is -1.79. The molecule has 1 aromatic heterocycles. The van der Waals surface area contributed by atoms with Gasteiger partial charge in [-0.05, 0) is 11.6 Å². The van der Waals surface area contributed by atoms with Crippen LogP contribution in [0.2, 0.25) is 0 Å². The average Bonchev–Trinajstić information content (AvgIpc) is 2.39. The lowest BCUT2D eigenvalue weighted by atomic mass is 9.88. The van der Waals surface area contributed by atoms with Gasteiger partial charge in [0.1, 0.15) is 0 Å². The van der Waals surface area contributed by atoms with Crippen molar-refractivity contribution in [3.05, 3.63) is 59.9 Å². The van der Waals surface area contributed by atoms with E-state index in [1.54, 1.807) is 30.3 Å². The second-order valence-electron chi connectivity index (χ2n) is 3.83. The number of halogens is 1. The van der Waals surface area contributed by atoms with E-state index in [1.165, 1.54) is 12.4 Å². The second-order valence-corrected chi connectivity index (χ2v) is 3.83. The normalized spacial score (nSPS) is 14.2. The predicted molar refractivity (Wildman–Crippen MR) is 66.0 cm³/mol. The summed E-state index contributed by atoms with van der Waals surface area (Å²) in [4.78, 5) is 3.91. The molecular formula is C13H14FN3. The monoisotopic (exact) mass is 231 g/mol. The second kappa shape index (κ2) is 4.51. The van der Waals surface area contributed by atoms with Crippen LogP contribution in [0, 0.1) is 0 Å². The molecule has 1 aromatic carbocycles. The Morgan fingerprint density at radius 2 is 1.88 bits per heavy atom. The van der Waals surface area contributed by atoms with Crippen molar-refractivity contribution in [1.29, 1.82) is 0 Å². The molecule has 17 heavy (non-hydrogen) atoms. The molecule has 1 heterocycles. The Labute approximate surface area is 99.3 Å². The van der Waals surface area contributed by atoms with Gasteiger partial charge >= 0.3 is 0 Å². The van der Waals surface area contributed by atoms with E-state index < -0.39 is 5.67 Å². The molecule has 0 spiro atoms. The van der Waals surface area contributed by atoms with Crippen LogP contribution in [0.5, 0.6) is 0 Å². The van der Waals surface area contributed by atoms with Crippen molar-refractivity contribution in [2.45, 2.75) is 5.67 Å². The molecule has 0 aliphatic carbocycles. The number of rotatable bonds is 3. The number of nitrogens with two attached hydrogens (primary N) is 2. The third kappa shape index (κ3) is 1.99. The maximum Gasteiger partial charge on any atom is 0.176 e. The van der Waals surface area contributed by atoms with E-state index in [0.29, 0.717) is 16.8 Å². The first-order valence-electron chi connectivity index (χ1n) is 5.33. The summed E-state index contributed by atoms with van der Waals surface area (Å²) in [5, 5.41) is 0. The van der Waals surface area contributed by atoms with Gasteiger partial charge in [0.25, 0.3) is 0 Å². The molecule has 0 aliphatic rings. The summed E-state index contributed by atoms with van der Waals surface area (Å²) in [6, 6.07) is 10.3. The summed E-state index contributed by atoms with van der Waals surface area (Å²) in [7, 11) is 0. The van der Waals surface area contributed by atoms with E-state index in [9.17, 15) is 0 Å². The van der Waals surface area contributed by atoms with Crippen LogP contribution in [0.25, 0.3) is 0 Å². The SMILES string of the molecule is NCC(F)(c1ccccc1)c1cnccc1N. The molecular weight excluding hydrogens is 217 g/mol. The molecule has 0 amide bonds. The first kappa shape index (κ1) is 11.5. The van der Waals surface area contributed by atoms with Crippen LogP contribution in [0.15, 0.2) is 48.8 Å². The van der Waals surface area contributed by atoms with Gasteiger partial charge in [0, 0.05) is 30.2 Å². The van der Waals surface area contributed by atoms with Gasteiger partial charge in [0.2, 0.25) is 0 Å². The first-order valence-corrected chi connectivity index (χ1v) is 5.33. The summed E-state index contributed by atoms with van der Waals surface area (Å²) in [5.41, 5.74) is 10.7. The molecule has 2 aromatic rings. The van der Waals surface area contributed by atoms with E-state index in [4.69, 9.17) is 11.5 Å². The molecule has 0 fully saturated rings. The smallest absolute Gasteiger partial charge is 0.176 e. The van der Waals surface area contributed by atoms with Crippen molar-refractivity contribution in [3.8, 4) is 0 Å². The third-order valence-corrected chi connectivity index (χ3v) is 2.79. The van der Waals surface area contributed by atoms with E-state index in [1.807, 2.05) is 6.07 Å². The maximum atomic E-state index is 15.0. The number of alkyl halides is 1. The van der Waals surface area contributed by atoms with E-state index in [-0.39, 0.29) is 6.54 Å². The number of pyridine rings is 1. The molecule has 88 valence electrons. The van der Waals surface area contributed by atoms with Crippen LogP contribution in [0.3, 0.4) is 0 Å². The van der Waals surface area contributed by atoms with Gasteiger partial charge in [-0.25, -0.2) is 4.39 Å². The zero-order valence-corrected chi connectivity index (χ0v) is 9.31. The van der Waals surface area contributed by atoms with E-state index >= 15 is 4.39 Å². The average molecular weight is 231 g/mol. The highest BCUT2D eigenvalue weighted by atomic mass is 19.1. The summed E-state index contributed by atoms with van der Waals surface area (Å²) in [5.74, 6) is 0. The molecule has 0 bridgehead atoms. The van der Waals surface area contributed by atoms with Gasteiger partial charge < -0.3 is 11.5 Å². The van der Waals surface area contributed by atoms with Crippen LogP contribution in [0.1, 0.15) is 11.1 Å². The fraction of sp³-hybridized carbons (Fsp3) is 0.154. The summed E-state index contributed by atoms with van der Waals surface area (Å²) in [6.07, 6.45) is 2.95. The Kier molecular flexibility index (Phi) is 3.06. The summed E-state index contributed by atoms with van der Waals surface area (Å²) < 4.78 is 15.0. The Morgan fingerprint density at radius 1 is 1.18 bits per heavy atom. The van der Waals surface area contributed by atoms with E-state index in [0.717, 1.165) is 0 Å². The minimum Gasteiger partial charge on any atom is -0.398 e. The fourth-order valence-electron chi connectivity index (χ4n) is 1.82. The van der Waals surface area contributed by atoms with Crippen molar-refractivity contribution < 1.29 is 4.39 Å². The van der Waals surface area contributed by atoms with Crippen LogP contribution in [-0.4, -0.2) is 11.5 Å². The third-order valence-electron chi connectivity index (χ3n) is 2.79. The summed E-state index contributed by atoms with van der Waals surface area (Å²) >= 11 is 0. The maximum absolute atomic E-state index is 15.0. The Bertz CT molecular complexity index is 501. The van der Waals surface area contributed by atoms with Gasteiger partial charge in [-0.1, -0.05) is 30.3 Å². The quantitative estimate of drug-likeness (QED) is 0.847. The largest absolute Gasteiger partial charge is 0.398 e. The zero-order chi connectivity index (χ0) is 12.3. The number of nitrogens with zero attached hydrogens (tertiary/aromatic N) is 1. The molecule has 2 rings (SSSR count). The van der Waals surface area contributed by atoms with E-state index in [2.05, 4.69) is 4.98 Å². The zero-order valence-electron chi connectivity index (χ0n) is 9.31. The number of hydrogen-bond donors (Lipinski definition) is 2. The van der Waals surface area contributed by atoms with Crippen molar-refractivity contribution in [2.75, 3.05) is 12.3 Å². The molecule has 3 nitrogen and oxygen atoms in total. The van der Waals surface area contributed by atoms with Crippen molar-refractivity contribution in [2.24, 2.45) is 5.73 Å². The van der Waals surface area contributed by atoms with Crippen LogP contribution in [0.4, 0.5) is 10.1 Å². The number of anilines is 1. The molecule has 0 saturated carbocycles. The van der Waals surface area contributed by atoms with Gasteiger partial charge in [0.05, 0.1) is 0 Å². The summed E-state index contributed by atoms with van der Waals surface area (Å²) in [6.45, 7) is -0.174. The van der Waals surface area contributed by atoms with Gasteiger partial charge in [0.15, 0.2) is 5.67 Å². The number of nitrogen functional groups attached to an aromatic ring is 1. The lowest BCUT2D eigenvalue weighted by molar-refractivity contribution is 0.233. The fourth-order valence-corrected chi connectivity index (χ4v) is 1.82. The highest BCUT2D eigenvalue weighted by molar-refractivity contribution is 5.52. The molecule has 0 saturated heterocycles. The molecule has 4 heteroatoms. The minimum absolute atomic E-state index is 0.174. The lowest BCUT2D eigenvalue weighted by Gasteiger charge is -2.25. The van der Waals surface area contributed by atoms with Gasteiger partial charge in [-0.3, -0.25) is 4.98 Å². The predicted octanol–water partition coefficient (Wildman–Crippen LogP) is 1.84. The van der Waals surface area contributed by atoms with Crippen molar-refractivity contribution in [3.63, 3.8) is 0 Å². The molecule has 1 unspecified atom stereocenters. The Morgan fingerprint density at radius 3 is 2.47 bits per heavy atom. The Hall–Kier alpha value is -1.94. The number of benzene rings is 1. The van der Waals surface area contributed by atoms with Crippen molar-refractivity contribution in [1.82, 2.24) is 4.98 Å². The first-order chi connectivity index (χ1) is 8.18. The highest BCUT2D eigenvalue weighted by Crippen LogP contribution is 2.35. The molecule has 0 radical (unpaired) electrons. The lowest BCUT2D eigenvalue weighted by Crippen LogP contribution is -2.32. The molecule has 0 aliphatic heterocycles. The van der Waals surface area contributed by atoms with Gasteiger partial charge in [-0.2, -0.15) is 0 Å². The van der Waals surface area contributed by atoms with Crippen LogP contribution >= 0.6 is 0 Å². The standard InChI is InChI=1S/C13H14FN3/c14-13(9-15,10-4-2-1-3-5-10)11-8-17-7-6-12(11)16/h1-8H,9,15H2,(H2,16,17). The highest BCUT2D eigenvalue weighted by Gasteiger charge is 2.34. The van der Waals surface area contributed by atoms with Crippen LogP contribution in [-0.2, 0) is 5.67 Å². The number of hydrogen-bond acceptors (Lipinski definition) is 3. The van der Waals surface area contributed by atoms with Crippen LogP contribution < -0.4 is 11.5 Å². The molecule has 4 N–H and O–H groups in total. The van der Waals surface area contributed by atoms with Gasteiger partial charge in [-0.15, -0.1) is 0 Å².